The third-order valence-corrected chi connectivity index (χ3v) is 2.89. The largest absolute Gasteiger partial charge is 0.464 e. The van der Waals surface area contributed by atoms with E-state index >= 15 is 0 Å². The Morgan fingerprint density at radius 3 is 3.18 bits per heavy atom. The number of nitrogens with zero attached hydrogens (tertiary/aromatic N) is 3. The first-order chi connectivity index (χ1) is 8.17. The number of ether oxygens (including phenoxy) is 1. The van der Waals surface area contributed by atoms with Gasteiger partial charge >= 0.3 is 5.97 Å². The Bertz CT molecular complexity index is 366. The molecule has 0 spiro atoms. The summed E-state index contributed by atoms with van der Waals surface area (Å²) in [6, 6.07) is 0. The first kappa shape index (κ1) is 14.6. The number of rotatable bonds is 7. The highest BCUT2D eigenvalue weighted by Gasteiger charge is 2.12. The number of aromatic nitrogens is 3. The molecule has 0 aliphatic rings. The van der Waals surface area contributed by atoms with E-state index in [9.17, 15) is 9.18 Å². The summed E-state index contributed by atoms with van der Waals surface area (Å²) < 4.78 is 23.9. The maximum absolute atomic E-state index is 13.2. The second-order valence-corrected chi connectivity index (χ2v) is 4.53. The molecule has 17 heavy (non-hydrogen) atoms. The van der Waals surface area contributed by atoms with Crippen LogP contribution in [0.25, 0.3) is 0 Å². The molecule has 0 bridgehead atoms. The van der Waals surface area contributed by atoms with Gasteiger partial charge in [-0.1, -0.05) is 5.21 Å². The first-order valence-electron chi connectivity index (χ1n) is 4.70. The predicted molar refractivity (Wildman–Crippen MR) is 68.4 cm³/mol. The van der Waals surface area contributed by atoms with E-state index in [2.05, 4.69) is 15.0 Å². The third-order valence-electron chi connectivity index (χ3n) is 1.90. The van der Waals surface area contributed by atoms with Gasteiger partial charge in [0.2, 0.25) is 0 Å². The molecule has 0 amide bonds. The Balaban J connectivity index is 2.36. The van der Waals surface area contributed by atoms with Gasteiger partial charge in [0.25, 0.3) is 0 Å². The summed E-state index contributed by atoms with van der Waals surface area (Å²) in [4.78, 5) is 11.1. The Kier molecular flexibility index (Phi) is 6.73. The number of alkyl halides is 1. The molecule has 0 aliphatic heterocycles. The van der Waals surface area contributed by atoms with Crippen molar-refractivity contribution in [2.75, 3.05) is 13.7 Å². The highest BCUT2D eigenvalue weighted by Crippen LogP contribution is 2.14. The Hall–Kier alpha value is -0.420. The monoisotopic (exact) mass is 375 g/mol. The van der Waals surface area contributed by atoms with Crippen LogP contribution in [0.5, 0.6) is 0 Å². The van der Waals surface area contributed by atoms with Crippen LogP contribution in [0.3, 0.4) is 0 Å². The van der Waals surface area contributed by atoms with Gasteiger partial charge < -0.3 is 8.92 Å². The van der Waals surface area contributed by atoms with Gasteiger partial charge in [0.1, 0.15) is 6.17 Å². The lowest BCUT2D eigenvalue weighted by Crippen LogP contribution is -2.12. The van der Waals surface area contributed by atoms with E-state index in [1.165, 1.54) is 18.0 Å². The van der Waals surface area contributed by atoms with Crippen LogP contribution in [0.1, 0.15) is 16.9 Å². The molecular formula is C8H11FIN3O3S. The van der Waals surface area contributed by atoms with E-state index in [0.29, 0.717) is 6.54 Å². The number of carbonyl (C=O) groups is 1. The molecule has 0 aromatic carbocycles. The van der Waals surface area contributed by atoms with Crippen LogP contribution in [0.15, 0.2) is 6.20 Å². The van der Waals surface area contributed by atoms with Crippen molar-refractivity contribution in [1.29, 1.82) is 0 Å². The zero-order valence-corrected chi connectivity index (χ0v) is 12.0. The van der Waals surface area contributed by atoms with Gasteiger partial charge in [-0.05, 0) is 0 Å². The minimum Gasteiger partial charge on any atom is -0.464 e. The van der Waals surface area contributed by atoms with E-state index < -0.39 is 12.1 Å². The minimum atomic E-state index is -1.07. The summed E-state index contributed by atoms with van der Waals surface area (Å²) in [6.45, 7) is 0.368. The number of esters is 1. The summed E-state index contributed by atoms with van der Waals surface area (Å²) in [5.74, 6) is -0.558. The minimum absolute atomic E-state index is 0.0339. The van der Waals surface area contributed by atoms with Crippen molar-refractivity contribution < 1.29 is 18.1 Å². The molecule has 1 unspecified atom stereocenters. The highest BCUT2D eigenvalue weighted by atomic mass is 127. The van der Waals surface area contributed by atoms with Gasteiger partial charge in [-0.2, -0.15) is 0 Å². The van der Waals surface area contributed by atoms with Crippen LogP contribution in [0.4, 0.5) is 4.39 Å². The summed E-state index contributed by atoms with van der Waals surface area (Å²) >= 11 is 1.92. The van der Waals surface area contributed by atoms with Crippen LogP contribution < -0.4 is 0 Å². The quantitative estimate of drug-likeness (QED) is 0.412. The van der Waals surface area contributed by atoms with Gasteiger partial charge in [-0.3, -0.25) is 4.68 Å². The maximum atomic E-state index is 13.2. The van der Waals surface area contributed by atoms with Crippen molar-refractivity contribution in [3.05, 3.63) is 11.9 Å². The molecule has 6 nitrogen and oxygen atoms in total. The van der Waals surface area contributed by atoms with Gasteiger partial charge in [0, 0.05) is 34.2 Å². The molecule has 9 heteroatoms. The number of aryl methyl sites for hydroxylation is 1. The topological polar surface area (TPSA) is 66.2 Å². The SMILES string of the molecule is COC(=O)c1cn(CCC(F)COSI)nn1. The maximum Gasteiger partial charge on any atom is 0.360 e. The molecule has 1 rings (SSSR count). The zero-order valence-electron chi connectivity index (χ0n) is 9.01. The van der Waals surface area contributed by atoms with Crippen molar-refractivity contribution in [2.45, 2.75) is 19.1 Å². The lowest BCUT2D eigenvalue weighted by molar-refractivity contribution is 0.0594. The number of hydrogen-bond donors (Lipinski definition) is 0. The standard InChI is InChI=1S/C8H11FIN3O3S/c1-15-8(14)7-4-13(12-11-7)3-2-6(9)5-16-17-10/h4,6H,2-3,5H2,1H3. The van der Waals surface area contributed by atoms with Gasteiger partial charge in [-0.15, -0.1) is 5.10 Å². The van der Waals surface area contributed by atoms with Crippen molar-refractivity contribution >= 4 is 36.4 Å². The Morgan fingerprint density at radius 1 is 1.76 bits per heavy atom. The molecule has 0 fully saturated rings. The second-order valence-electron chi connectivity index (χ2n) is 3.09. The number of halogens is 2. The summed E-state index contributed by atoms with van der Waals surface area (Å²) in [5.41, 5.74) is 0.113. The molecular weight excluding hydrogens is 364 g/mol. The lowest BCUT2D eigenvalue weighted by atomic mass is 10.3. The molecule has 1 aromatic heterocycles. The van der Waals surface area contributed by atoms with Crippen LogP contribution in [-0.2, 0) is 15.5 Å². The van der Waals surface area contributed by atoms with E-state index in [1.54, 1.807) is 0 Å². The van der Waals surface area contributed by atoms with Crippen LogP contribution in [-0.4, -0.2) is 40.9 Å². The number of carbonyl (C=O) groups excluding carboxylic acids is 1. The van der Waals surface area contributed by atoms with E-state index in [1.807, 2.05) is 21.2 Å². The van der Waals surface area contributed by atoms with E-state index in [0.717, 1.165) is 9.21 Å². The van der Waals surface area contributed by atoms with Crippen LogP contribution >= 0.6 is 30.4 Å². The van der Waals surface area contributed by atoms with Crippen molar-refractivity contribution in [1.82, 2.24) is 15.0 Å². The number of methoxy groups -OCH3 is 1. The normalized spacial score (nSPS) is 12.4. The molecule has 1 aromatic rings. The molecule has 96 valence electrons. The second kappa shape index (κ2) is 7.82. The van der Waals surface area contributed by atoms with Crippen LogP contribution in [0.2, 0.25) is 0 Å². The molecule has 0 N–H and O–H groups in total. The molecule has 0 saturated carbocycles. The lowest BCUT2D eigenvalue weighted by Gasteiger charge is -2.05. The molecule has 0 saturated heterocycles. The smallest absolute Gasteiger partial charge is 0.360 e. The van der Waals surface area contributed by atoms with Gasteiger partial charge in [0.15, 0.2) is 5.69 Å². The summed E-state index contributed by atoms with van der Waals surface area (Å²) in [6.07, 6.45) is 0.608. The van der Waals surface area contributed by atoms with E-state index in [-0.39, 0.29) is 18.7 Å². The summed E-state index contributed by atoms with van der Waals surface area (Å²) in [7, 11) is 2.36. The Labute approximate surface area is 114 Å². The first-order valence-corrected chi connectivity index (χ1v) is 7.98. The summed E-state index contributed by atoms with van der Waals surface area (Å²) in [5, 5.41) is 7.30. The fourth-order valence-corrected chi connectivity index (χ4v) is 1.70. The number of hydrogen-bond acceptors (Lipinski definition) is 6. The predicted octanol–water partition coefficient (Wildman–Crippen LogP) is 1.81. The molecule has 1 heterocycles. The average Bonchev–Trinajstić information content (AvgIpc) is 2.81. The highest BCUT2D eigenvalue weighted by molar-refractivity contribution is 14.2. The fourth-order valence-electron chi connectivity index (χ4n) is 1.06. The van der Waals surface area contributed by atoms with Crippen molar-refractivity contribution in [2.24, 2.45) is 0 Å². The fraction of sp³-hybridized carbons (Fsp3) is 0.625. The van der Waals surface area contributed by atoms with Gasteiger partial charge in [-0.25, -0.2) is 9.18 Å². The Morgan fingerprint density at radius 2 is 2.53 bits per heavy atom. The van der Waals surface area contributed by atoms with Crippen LogP contribution in [0, 0.1) is 0 Å². The third kappa shape index (κ3) is 5.17. The molecule has 0 aliphatic carbocycles. The molecule has 0 radical (unpaired) electrons. The van der Waals surface area contributed by atoms with E-state index in [4.69, 9.17) is 4.18 Å². The molecule has 1 atom stereocenters. The van der Waals surface area contributed by atoms with Crippen molar-refractivity contribution in [3.8, 4) is 0 Å². The van der Waals surface area contributed by atoms with Crippen molar-refractivity contribution in [3.63, 3.8) is 0 Å². The average molecular weight is 375 g/mol. The van der Waals surface area contributed by atoms with Gasteiger partial charge in [0.05, 0.1) is 29.1 Å². The zero-order chi connectivity index (χ0) is 12.7.